The van der Waals surface area contributed by atoms with E-state index in [1.807, 2.05) is 6.92 Å². The van der Waals surface area contributed by atoms with E-state index in [-0.39, 0.29) is 0 Å². The largest absolute Gasteiger partial charge is 0.369 e. The molecule has 0 saturated carbocycles. The fraction of sp³-hybridized carbons (Fsp3) is 0.538. The van der Waals surface area contributed by atoms with Crippen LogP contribution in [0.15, 0.2) is 12.1 Å². The van der Waals surface area contributed by atoms with Crippen LogP contribution in [-0.4, -0.2) is 36.1 Å². The Morgan fingerprint density at radius 3 is 2.65 bits per heavy atom. The van der Waals surface area contributed by atoms with Crippen LogP contribution in [0.25, 0.3) is 0 Å². The maximum Gasteiger partial charge on any atom is 0.127 e. The average molecular weight is 232 g/mol. The predicted octanol–water partition coefficient (Wildman–Crippen LogP) is 2.02. The molecule has 0 aliphatic rings. The lowest BCUT2D eigenvalue weighted by Crippen LogP contribution is -2.28. The summed E-state index contributed by atoms with van der Waals surface area (Å²) in [5.41, 5.74) is 1.53. The lowest BCUT2D eigenvalue weighted by Gasteiger charge is -2.18. The van der Waals surface area contributed by atoms with Gasteiger partial charge >= 0.3 is 0 Å². The van der Waals surface area contributed by atoms with Crippen molar-refractivity contribution >= 4 is 5.82 Å². The first-order valence-corrected chi connectivity index (χ1v) is 6.04. The van der Waals surface area contributed by atoms with Crippen molar-refractivity contribution in [3.05, 3.63) is 23.4 Å². The molecule has 1 heterocycles. The molecule has 0 atom stereocenters. The Bertz CT molecular complexity index is 391. The minimum absolute atomic E-state index is 0.655. The molecule has 4 heteroatoms. The Hall–Kier alpha value is -1.60. The maximum atomic E-state index is 8.86. The van der Waals surface area contributed by atoms with Crippen LogP contribution in [0.3, 0.4) is 0 Å². The third-order valence-electron chi connectivity index (χ3n) is 2.71. The SMILES string of the molecule is CCN(CC)CCNc1cc(C#N)cc(C)n1. The molecule has 0 fully saturated rings. The summed E-state index contributed by atoms with van der Waals surface area (Å²) in [6, 6.07) is 5.71. The highest BCUT2D eigenvalue weighted by molar-refractivity contribution is 5.44. The van der Waals surface area contributed by atoms with E-state index in [0.29, 0.717) is 5.56 Å². The summed E-state index contributed by atoms with van der Waals surface area (Å²) in [6.07, 6.45) is 0. The molecule has 0 bridgehead atoms. The van der Waals surface area contributed by atoms with Gasteiger partial charge in [0.15, 0.2) is 0 Å². The van der Waals surface area contributed by atoms with Crippen molar-refractivity contribution in [1.29, 1.82) is 5.26 Å². The van der Waals surface area contributed by atoms with E-state index >= 15 is 0 Å². The number of nitrogens with zero attached hydrogens (tertiary/aromatic N) is 3. The second-order valence-corrected chi connectivity index (χ2v) is 3.95. The van der Waals surface area contributed by atoms with Gasteiger partial charge < -0.3 is 10.2 Å². The number of nitrogens with one attached hydrogen (secondary N) is 1. The van der Waals surface area contributed by atoms with Crippen molar-refractivity contribution < 1.29 is 0 Å². The van der Waals surface area contributed by atoms with Gasteiger partial charge in [0.2, 0.25) is 0 Å². The van der Waals surface area contributed by atoms with Gasteiger partial charge in [-0.1, -0.05) is 13.8 Å². The fourth-order valence-corrected chi connectivity index (χ4v) is 1.71. The fourth-order valence-electron chi connectivity index (χ4n) is 1.71. The third kappa shape index (κ3) is 4.41. The van der Waals surface area contributed by atoms with Crippen molar-refractivity contribution in [3.63, 3.8) is 0 Å². The van der Waals surface area contributed by atoms with Crippen LogP contribution in [-0.2, 0) is 0 Å². The number of anilines is 1. The van der Waals surface area contributed by atoms with E-state index < -0.39 is 0 Å². The first-order chi connectivity index (χ1) is 8.19. The van der Waals surface area contributed by atoms with Crippen LogP contribution in [0.1, 0.15) is 25.1 Å². The van der Waals surface area contributed by atoms with Gasteiger partial charge in [-0.2, -0.15) is 5.26 Å². The van der Waals surface area contributed by atoms with E-state index in [2.05, 4.69) is 35.1 Å². The van der Waals surface area contributed by atoms with Crippen LogP contribution < -0.4 is 5.32 Å². The van der Waals surface area contributed by atoms with Crippen molar-refractivity contribution in [3.8, 4) is 6.07 Å². The van der Waals surface area contributed by atoms with Crippen molar-refractivity contribution in [1.82, 2.24) is 9.88 Å². The van der Waals surface area contributed by atoms with Crippen LogP contribution in [0.2, 0.25) is 0 Å². The number of hydrogen-bond acceptors (Lipinski definition) is 4. The van der Waals surface area contributed by atoms with Gasteiger partial charge in [0.25, 0.3) is 0 Å². The molecule has 0 amide bonds. The molecule has 0 aliphatic heterocycles. The highest BCUT2D eigenvalue weighted by Gasteiger charge is 2.01. The zero-order valence-electron chi connectivity index (χ0n) is 10.8. The molecule has 1 N–H and O–H groups in total. The van der Waals surface area contributed by atoms with Crippen LogP contribution in [0.4, 0.5) is 5.82 Å². The molecular weight excluding hydrogens is 212 g/mol. The second kappa shape index (κ2) is 6.87. The van der Waals surface area contributed by atoms with E-state index in [0.717, 1.165) is 37.7 Å². The smallest absolute Gasteiger partial charge is 0.127 e. The van der Waals surface area contributed by atoms with E-state index in [4.69, 9.17) is 5.26 Å². The highest BCUT2D eigenvalue weighted by Crippen LogP contribution is 2.08. The lowest BCUT2D eigenvalue weighted by atomic mass is 10.2. The van der Waals surface area contributed by atoms with Crippen molar-refractivity contribution in [2.45, 2.75) is 20.8 Å². The van der Waals surface area contributed by atoms with Gasteiger partial charge in [-0.15, -0.1) is 0 Å². The van der Waals surface area contributed by atoms with E-state index in [1.54, 1.807) is 12.1 Å². The minimum atomic E-state index is 0.655. The van der Waals surface area contributed by atoms with Gasteiger partial charge in [0, 0.05) is 18.8 Å². The maximum absolute atomic E-state index is 8.86. The molecule has 17 heavy (non-hydrogen) atoms. The van der Waals surface area contributed by atoms with Crippen molar-refractivity contribution in [2.24, 2.45) is 0 Å². The summed E-state index contributed by atoms with van der Waals surface area (Å²) < 4.78 is 0. The number of aromatic nitrogens is 1. The molecule has 0 aliphatic carbocycles. The molecule has 4 nitrogen and oxygen atoms in total. The van der Waals surface area contributed by atoms with Gasteiger partial charge in [-0.25, -0.2) is 4.98 Å². The Morgan fingerprint density at radius 2 is 2.06 bits per heavy atom. The molecule has 1 rings (SSSR count). The first kappa shape index (κ1) is 13.5. The Morgan fingerprint density at radius 1 is 1.35 bits per heavy atom. The zero-order valence-corrected chi connectivity index (χ0v) is 10.8. The average Bonchev–Trinajstić information content (AvgIpc) is 2.34. The number of aryl methyl sites for hydroxylation is 1. The predicted molar refractivity (Wildman–Crippen MR) is 70.0 cm³/mol. The van der Waals surface area contributed by atoms with E-state index in [1.165, 1.54) is 0 Å². The van der Waals surface area contributed by atoms with E-state index in [9.17, 15) is 0 Å². The Kier molecular flexibility index (Phi) is 5.44. The molecule has 0 radical (unpaired) electrons. The van der Waals surface area contributed by atoms with Crippen LogP contribution >= 0.6 is 0 Å². The minimum Gasteiger partial charge on any atom is -0.369 e. The van der Waals surface area contributed by atoms with Crippen molar-refractivity contribution in [2.75, 3.05) is 31.5 Å². The zero-order chi connectivity index (χ0) is 12.7. The molecular formula is C13H20N4. The second-order valence-electron chi connectivity index (χ2n) is 3.95. The Labute approximate surface area is 103 Å². The number of nitriles is 1. The van der Waals surface area contributed by atoms with Crippen LogP contribution in [0.5, 0.6) is 0 Å². The summed E-state index contributed by atoms with van der Waals surface area (Å²) in [4.78, 5) is 6.69. The molecule has 0 saturated heterocycles. The summed E-state index contributed by atoms with van der Waals surface area (Å²) in [5, 5.41) is 12.1. The summed E-state index contributed by atoms with van der Waals surface area (Å²) in [5.74, 6) is 0.786. The highest BCUT2D eigenvalue weighted by atomic mass is 15.1. The van der Waals surface area contributed by atoms with Gasteiger partial charge in [-0.05, 0) is 32.1 Å². The number of likely N-dealkylation sites (N-methyl/N-ethyl adjacent to an activating group) is 1. The molecule has 0 unspecified atom stereocenters. The quantitative estimate of drug-likeness (QED) is 0.815. The molecule has 0 spiro atoms. The normalized spacial score (nSPS) is 10.3. The molecule has 1 aromatic heterocycles. The number of rotatable bonds is 6. The Balaban J connectivity index is 2.52. The monoisotopic (exact) mass is 232 g/mol. The summed E-state index contributed by atoms with van der Waals surface area (Å²) in [6.45, 7) is 10.2. The summed E-state index contributed by atoms with van der Waals surface area (Å²) in [7, 11) is 0. The topological polar surface area (TPSA) is 52.0 Å². The molecule has 0 aromatic carbocycles. The lowest BCUT2D eigenvalue weighted by molar-refractivity contribution is 0.316. The number of hydrogen-bond donors (Lipinski definition) is 1. The standard InChI is InChI=1S/C13H20N4/c1-4-17(5-2)7-6-15-13-9-12(10-14)8-11(3)16-13/h8-9H,4-7H2,1-3H3,(H,15,16). The third-order valence-corrected chi connectivity index (χ3v) is 2.71. The molecule has 92 valence electrons. The molecule has 1 aromatic rings. The van der Waals surface area contributed by atoms with Gasteiger partial charge in [0.05, 0.1) is 11.6 Å². The van der Waals surface area contributed by atoms with Gasteiger partial charge in [0.1, 0.15) is 5.82 Å². The van der Waals surface area contributed by atoms with Gasteiger partial charge in [-0.3, -0.25) is 0 Å². The first-order valence-electron chi connectivity index (χ1n) is 6.04. The summed E-state index contributed by atoms with van der Waals surface area (Å²) >= 11 is 0. The van der Waals surface area contributed by atoms with Crippen LogP contribution in [0, 0.1) is 18.3 Å². The number of pyridine rings is 1.